The van der Waals surface area contributed by atoms with E-state index in [0.717, 1.165) is 75.5 Å². The molecule has 0 spiro atoms. The lowest BCUT2D eigenvalue weighted by Crippen LogP contribution is -2.55. The van der Waals surface area contributed by atoms with Gasteiger partial charge >= 0.3 is 0 Å². The summed E-state index contributed by atoms with van der Waals surface area (Å²) >= 11 is 0. The van der Waals surface area contributed by atoms with Gasteiger partial charge in [-0.05, 0) is 37.2 Å². The Bertz CT molecular complexity index is 1410. The molecular formula is C32H37F2N3O4. The first kappa shape index (κ1) is 27.7. The number of nitrogens with one attached hydrogen (secondary N) is 1. The van der Waals surface area contributed by atoms with Crippen molar-refractivity contribution < 1.29 is 27.8 Å². The fraction of sp³-hybridized carbons (Fsp3) is 0.500. The van der Waals surface area contributed by atoms with Crippen LogP contribution >= 0.6 is 0 Å². The van der Waals surface area contributed by atoms with Crippen molar-refractivity contribution in [3.05, 3.63) is 77.5 Å². The Morgan fingerprint density at radius 1 is 1.07 bits per heavy atom. The maximum atomic E-state index is 15.0. The molecule has 1 amide bonds. The summed E-state index contributed by atoms with van der Waals surface area (Å²) < 4.78 is 49.1. The smallest absolute Gasteiger partial charge is 0.254 e. The number of ether oxygens (including phenoxy) is 3. The summed E-state index contributed by atoms with van der Waals surface area (Å²) in [4.78, 5) is 19.7. The lowest BCUT2D eigenvalue weighted by atomic mass is 9.83. The maximum absolute atomic E-state index is 15.0. The molecule has 3 aliphatic rings. The van der Waals surface area contributed by atoms with Gasteiger partial charge in [0.25, 0.3) is 5.91 Å². The molecular weight excluding hydrogens is 528 g/mol. The molecule has 3 aromatic rings. The van der Waals surface area contributed by atoms with Gasteiger partial charge in [-0.2, -0.15) is 0 Å². The average Bonchev–Trinajstić information content (AvgIpc) is 3.77. The van der Waals surface area contributed by atoms with Gasteiger partial charge in [0.2, 0.25) is 6.79 Å². The molecule has 2 fully saturated rings. The van der Waals surface area contributed by atoms with Gasteiger partial charge in [-0.15, -0.1) is 0 Å². The third-order valence-corrected chi connectivity index (χ3v) is 8.94. The second kappa shape index (κ2) is 11.8. The number of rotatable bonds is 9. The van der Waals surface area contributed by atoms with Crippen molar-refractivity contribution in [2.75, 3.05) is 13.9 Å². The molecule has 0 saturated heterocycles. The summed E-state index contributed by atoms with van der Waals surface area (Å²) in [5, 5.41) is 3.29. The molecule has 6 rings (SSSR count). The molecule has 0 radical (unpaired) electrons. The Hall–Kier alpha value is -3.46. The highest BCUT2D eigenvalue weighted by atomic mass is 19.2. The quantitative estimate of drug-likeness (QED) is 0.324. The lowest BCUT2D eigenvalue weighted by Gasteiger charge is -2.38. The monoisotopic (exact) mass is 565 g/mol. The number of fused-ring (bicyclic) bond motifs is 1. The van der Waals surface area contributed by atoms with E-state index in [2.05, 4.69) is 5.32 Å². The minimum Gasteiger partial charge on any atom is -0.461 e. The molecule has 2 heterocycles. The van der Waals surface area contributed by atoms with Crippen LogP contribution in [0.5, 0.6) is 0 Å². The first-order valence-electron chi connectivity index (χ1n) is 14.7. The van der Waals surface area contributed by atoms with Gasteiger partial charge in [0, 0.05) is 31.7 Å². The van der Waals surface area contributed by atoms with Gasteiger partial charge in [0.15, 0.2) is 22.9 Å². The van der Waals surface area contributed by atoms with Gasteiger partial charge in [-0.25, -0.2) is 13.8 Å². The van der Waals surface area contributed by atoms with Gasteiger partial charge in [-0.1, -0.05) is 62.4 Å². The van der Waals surface area contributed by atoms with Gasteiger partial charge < -0.3 is 24.1 Å². The van der Waals surface area contributed by atoms with E-state index < -0.39 is 23.3 Å². The van der Waals surface area contributed by atoms with E-state index in [0.29, 0.717) is 17.1 Å². The van der Waals surface area contributed by atoms with Crippen LogP contribution in [0, 0.1) is 17.6 Å². The molecule has 0 bridgehead atoms. The molecule has 218 valence electrons. The first-order chi connectivity index (χ1) is 20.0. The number of nitrogens with zero attached hydrogens (tertiary/aromatic N) is 2. The Morgan fingerprint density at radius 2 is 1.78 bits per heavy atom. The van der Waals surface area contributed by atoms with Crippen LogP contribution in [-0.4, -0.2) is 35.4 Å². The van der Waals surface area contributed by atoms with E-state index in [1.807, 2.05) is 30.3 Å². The highest BCUT2D eigenvalue weighted by Crippen LogP contribution is 2.44. The van der Waals surface area contributed by atoms with Gasteiger partial charge in [0.1, 0.15) is 18.2 Å². The number of amides is 1. The van der Waals surface area contributed by atoms with Crippen molar-refractivity contribution in [3.63, 3.8) is 0 Å². The summed E-state index contributed by atoms with van der Waals surface area (Å²) in [7, 11) is 1.63. The van der Waals surface area contributed by atoms with E-state index >= 15 is 0 Å². The third-order valence-electron chi connectivity index (χ3n) is 8.94. The predicted molar refractivity (Wildman–Crippen MR) is 150 cm³/mol. The van der Waals surface area contributed by atoms with E-state index in [1.54, 1.807) is 11.7 Å². The largest absolute Gasteiger partial charge is 0.461 e. The number of aromatic nitrogens is 2. The van der Waals surface area contributed by atoms with Crippen LogP contribution < -0.4 is 5.32 Å². The molecule has 9 heteroatoms. The molecule has 2 unspecified atom stereocenters. The highest BCUT2D eigenvalue weighted by Gasteiger charge is 2.51. The number of carbonyl (C=O) groups excluding carboxylic acids is 1. The zero-order valence-corrected chi connectivity index (χ0v) is 23.4. The highest BCUT2D eigenvalue weighted by molar-refractivity contribution is 5.91. The zero-order valence-electron chi connectivity index (χ0n) is 23.4. The number of benzene rings is 2. The molecule has 1 aromatic heterocycles. The van der Waals surface area contributed by atoms with Crippen LogP contribution in [0.2, 0.25) is 0 Å². The zero-order chi connectivity index (χ0) is 28.4. The summed E-state index contributed by atoms with van der Waals surface area (Å²) in [5.74, 6) is -1.42. The number of imidazole rings is 1. The van der Waals surface area contributed by atoms with Crippen molar-refractivity contribution in [2.24, 2.45) is 5.92 Å². The van der Waals surface area contributed by atoms with Crippen molar-refractivity contribution in [1.29, 1.82) is 0 Å². The van der Waals surface area contributed by atoms with Crippen LogP contribution in [0.1, 0.15) is 75.3 Å². The SMILES string of the molecule is COC(c1nc2cc(F)c(F)cc2n1C(Cc1ccccc1)(C(=O)NC1CCCC1)C1=COCO1)C1CCCCC1. The predicted octanol–water partition coefficient (Wildman–Crippen LogP) is 6.42. The normalized spacial score (nSPS) is 20.3. The van der Waals surface area contributed by atoms with Crippen LogP contribution in [0.4, 0.5) is 8.78 Å². The maximum Gasteiger partial charge on any atom is 0.254 e. The lowest BCUT2D eigenvalue weighted by molar-refractivity contribution is -0.131. The fourth-order valence-electron chi connectivity index (χ4n) is 6.92. The van der Waals surface area contributed by atoms with E-state index in [1.165, 1.54) is 6.26 Å². The second-order valence-corrected chi connectivity index (χ2v) is 11.5. The van der Waals surface area contributed by atoms with Crippen LogP contribution in [0.3, 0.4) is 0 Å². The minimum absolute atomic E-state index is 0.00422. The summed E-state index contributed by atoms with van der Waals surface area (Å²) in [5.41, 5.74) is -0.124. The van der Waals surface area contributed by atoms with Gasteiger partial charge in [0.05, 0.1) is 11.0 Å². The van der Waals surface area contributed by atoms with Crippen molar-refractivity contribution in [3.8, 4) is 0 Å². The number of methoxy groups -OCH3 is 1. The average molecular weight is 566 g/mol. The Morgan fingerprint density at radius 3 is 2.46 bits per heavy atom. The standard InChI is InChI=1S/C32H37F2N3O4/c1-39-29(22-12-6-3-7-13-22)30-36-26-16-24(33)25(34)17-27(26)37(30)32(28-19-40-20-41-28,18-21-10-4-2-5-11-21)31(38)35-23-14-8-9-15-23/h2,4-5,10-11,16-17,19,22-23,29H,3,6-9,12-15,18,20H2,1H3,(H,35,38). The van der Waals surface area contributed by atoms with Crippen molar-refractivity contribution >= 4 is 16.9 Å². The fourth-order valence-corrected chi connectivity index (χ4v) is 6.92. The molecule has 1 aliphatic heterocycles. The van der Waals surface area contributed by atoms with Gasteiger partial charge in [-0.3, -0.25) is 4.79 Å². The molecule has 2 aliphatic carbocycles. The Kier molecular flexibility index (Phi) is 7.97. The van der Waals surface area contributed by atoms with Crippen LogP contribution in [-0.2, 0) is 31.0 Å². The number of halogens is 2. The topological polar surface area (TPSA) is 74.6 Å². The second-order valence-electron chi connectivity index (χ2n) is 11.5. The van der Waals surface area contributed by atoms with E-state index in [9.17, 15) is 13.6 Å². The van der Waals surface area contributed by atoms with Crippen LogP contribution in [0.25, 0.3) is 11.0 Å². The first-order valence-corrected chi connectivity index (χ1v) is 14.7. The third kappa shape index (κ3) is 5.20. The van der Waals surface area contributed by atoms with E-state index in [-0.39, 0.29) is 36.6 Å². The summed E-state index contributed by atoms with van der Waals surface area (Å²) in [6, 6.07) is 11.9. The molecule has 2 saturated carbocycles. The molecule has 7 nitrogen and oxygen atoms in total. The Balaban J connectivity index is 1.63. The summed E-state index contributed by atoms with van der Waals surface area (Å²) in [6.45, 7) is -0.0517. The van der Waals surface area contributed by atoms with E-state index in [4.69, 9.17) is 19.2 Å². The molecule has 2 aromatic carbocycles. The van der Waals surface area contributed by atoms with Crippen molar-refractivity contribution in [1.82, 2.24) is 14.9 Å². The molecule has 2 atom stereocenters. The summed E-state index contributed by atoms with van der Waals surface area (Å²) in [6.07, 6.45) is 10.1. The van der Waals surface area contributed by atoms with Crippen LogP contribution in [0.15, 0.2) is 54.5 Å². The number of carbonyl (C=O) groups is 1. The Labute approximate surface area is 238 Å². The molecule has 1 N–H and O–H groups in total. The molecule has 41 heavy (non-hydrogen) atoms. The van der Waals surface area contributed by atoms with Crippen molar-refractivity contribution in [2.45, 2.75) is 81.9 Å². The number of hydrogen-bond donors (Lipinski definition) is 1. The number of hydrogen-bond acceptors (Lipinski definition) is 5. The minimum atomic E-state index is -1.54.